The molecule has 3 atom stereocenters. The van der Waals surface area contributed by atoms with Crippen molar-refractivity contribution in [2.75, 3.05) is 11.1 Å². The number of aromatic nitrogens is 4. The molecule has 7 heteroatoms. The Hall–Kier alpha value is -3.40. The molecule has 2 aromatic heterocycles. The van der Waals surface area contributed by atoms with Crippen molar-refractivity contribution in [1.29, 1.82) is 5.26 Å². The van der Waals surface area contributed by atoms with Gasteiger partial charge in [0.15, 0.2) is 0 Å². The first kappa shape index (κ1) is 18.0. The van der Waals surface area contributed by atoms with Crippen LogP contribution in [0.4, 0.5) is 17.3 Å². The molecule has 1 fully saturated rings. The van der Waals surface area contributed by atoms with Crippen molar-refractivity contribution in [2.24, 2.45) is 11.8 Å². The topological polar surface area (TPSA) is 105 Å². The highest BCUT2D eigenvalue weighted by Gasteiger charge is 2.30. The zero-order valence-corrected chi connectivity index (χ0v) is 15.8. The van der Waals surface area contributed by atoms with Crippen LogP contribution in [0, 0.1) is 23.2 Å². The minimum Gasteiger partial charge on any atom is -0.399 e. The van der Waals surface area contributed by atoms with E-state index in [1.165, 1.54) is 0 Å². The highest BCUT2D eigenvalue weighted by atomic mass is 15.3. The molecule has 0 radical (unpaired) electrons. The van der Waals surface area contributed by atoms with Crippen LogP contribution in [0.1, 0.15) is 32.2 Å². The predicted octanol–water partition coefficient (Wildman–Crippen LogP) is 4.17. The minimum atomic E-state index is 0.0996. The third-order valence-electron chi connectivity index (χ3n) is 5.43. The summed E-state index contributed by atoms with van der Waals surface area (Å²) in [5.41, 5.74) is 9.12. The first-order valence-electron chi connectivity index (χ1n) is 9.52. The maximum absolute atomic E-state index is 9.15. The van der Waals surface area contributed by atoms with Crippen molar-refractivity contribution < 1.29 is 0 Å². The van der Waals surface area contributed by atoms with Crippen LogP contribution in [0.25, 0.3) is 11.3 Å². The normalized spacial score (nSPS) is 19.9. The van der Waals surface area contributed by atoms with Crippen molar-refractivity contribution >= 4 is 17.3 Å². The van der Waals surface area contributed by atoms with Gasteiger partial charge in [0.2, 0.25) is 5.95 Å². The molecule has 3 unspecified atom stereocenters. The van der Waals surface area contributed by atoms with E-state index in [0.717, 1.165) is 36.2 Å². The Morgan fingerprint density at radius 1 is 1.32 bits per heavy atom. The maximum Gasteiger partial charge on any atom is 0.227 e. The highest BCUT2D eigenvalue weighted by Crippen LogP contribution is 2.38. The van der Waals surface area contributed by atoms with Crippen LogP contribution in [-0.4, -0.2) is 19.7 Å². The SMILES string of the molecule is CC(C#N)C1CCC(n2cc(-c3ccnc(Nc4cccc(N)c4)n3)cn2)C1. The van der Waals surface area contributed by atoms with Crippen molar-refractivity contribution in [1.82, 2.24) is 19.7 Å². The molecule has 0 aliphatic heterocycles. The molecule has 7 nitrogen and oxygen atoms in total. The molecule has 1 aromatic carbocycles. The van der Waals surface area contributed by atoms with Crippen LogP contribution in [0.5, 0.6) is 0 Å². The van der Waals surface area contributed by atoms with Gasteiger partial charge in [-0.05, 0) is 56.4 Å². The summed E-state index contributed by atoms with van der Waals surface area (Å²) in [7, 11) is 0. The molecule has 142 valence electrons. The summed E-state index contributed by atoms with van der Waals surface area (Å²) in [6, 6.07) is 12.1. The minimum absolute atomic E-state index is 0.0996. The second-order valence-electron chi connectivity index (χ2n) is 7.37. The van der Waals surface area contributed by atoms with E-state index in [0.29, 0.717) is 23.6 Å². The van der Waals surface area contributed by atoms with Crippen molar-refractivity contribution in [3.05, 3.63) is 48.9 Å². The van der Waals surface area contributed by atoms with Crippen LogP contribution in [0.15, 0.2) is 48.9 Å². The van der Waals surface area contributed by atoms with E-state index in [4.69, 9.17) is 11.0 Å². The van der Waals surface area contributed by atoms with Crippen molar-refractivity contribution in [3.63, 3.8) is 0 Å². The number of hydrogen-bond acceptors (Lipinski definition) is 6. The van der Waals surface area contributed by atoms with Crippen LogP contribution in [0.3, 0.4) is 0 Å². The number of benzene rings is 1. The van der Waals surface area contributed by atoms with E-state index in [9.17, 15) is 0 Å². The van der Waals surface area contributed by atoms with Crippen molar-refractivity contribution in [3.8, 4) is 17.3 Å². The summed E-state index contributed by atoms with van der Waals surface area (Å²) in [5.74, 6) is 1.07. The second-order valence-corrected chi connectivity index (χ2v) is 7.37. The van der Waals surface area contributed by atoms with Gasteiger partial charge in [-0.1, -0.05) is 6.07 Å². The first-order valence-corrected chi connectivity index (χ1v) is 9.52. The molecular weight excluding hydrogens is 350 g/mol. The Bertz CT molecular complexity index is 1000. The summed E-state index contributed by atoms with van der Waals surface area (Å²) in [4.78, 5) is 8.90. The smallest absolute Gasteiger partial charge is 0.227 e. The van der Waals surface area contributed by atoms with Crippen LogP contribution in [0.2, 0.25) is 0 Å². The number of nitrogens with two attached hydrogens (primary N) is 1. The average Bonchev–Trinajstić information content (AvgIpc) is 3.37. The van der Waals surface area contributed by atoms with E-state index in [1.807, 2.05) is 54.3 Å². The Morgan fingerprint density at radius 3 is 3.04 bits per heavy atom. The molecule has 1 saturated carbocycles. The van der Waals surface area contributed by atoms with Gasteiger partial charge in [0.25, 0.3) is 0 Å². The Morgan fingerprint density at radius 2 is 2.21 bits per heavy atom. The van der Waals surface area contributed by atoms with Gasteiger partial charge in [-0.2, -0.15) is 10.4 Å². The van der Waals surface area contributed by atoms with E-state index < -0.39 is 0 Å². The molecule has 4 rings (SSSR count). The number of anilines is 3. The summed E-state index contributed by atoms with van der Waals surface area (Å²) in [6.07, 6.45) is 8.75. The van der Waals surface area contributed by atoms with E-state index in [-0.39, 0.29) is 5.92 Å². The molecular formula is C21H23N7. The molecule has 1 aliphatic carbocycles. The molecule has 3 aromatic rings. The average molecular weight is 373 g/mol. The van der Waals surface area contributed by atoms with Crippen LogP contribution >= 0.6 is 0 Å². The predicted molar refractivity (Wildman–Crippen MR) is 109 cm³/mol. The number of rotatable bonds is 5. The fraction of sp³-hybridized carbons (Fsp3) is 0.333. The monoisotopic (exact) mass is 373 g/mol. The van der Waals surface area contributed by atoms with Gasteiger partial charge >= 0.3 is 0 Å². The molecule has 2 heterocycles. The lowest BCUT2D eigenvalue weighted by molar-refractivity contribution is 0.399. The van der Waals surface area contributed by atoms with Gasteiger partial charge in [0, 0.05) is 35.2 Å². The van der Waals surface area contributed by atoms with E-state index in [2.05, 4.69) is 26.5 Å². The molecule has 0 saturated heterocycles. The van der Waals surface area contributed by atoms with Crippen molar-refractivity contribution in [2.45, 2.75) is 32.2 Å². The van der Waals surface area contributed by atoms with Crippen LogP contribution < -0.4 is 11.1 Å². The van der Waals surface area contributed by atoms with E-state index in [1.54, 1.807) is 6.20 Å². The molecule has 28 heavy (non-hydrogen) atoms. The number of nitrogen functional groups attached to an aromatic ring is 1. The third-order valence-corrected chi connectivity index (χ3v) is 5.43. The number of nitrogens with one attached hydrogen (secondary N) is 1. The quantitative estimate of drug-likeness (QED) is 0.650. The standard InChI is InChI=1S/C21H23N7/c1-14(11-22)15-5-6-19(9-15)28-13-16(12-25-28)20-7-8-24-21(27-20)26-18-4-2-3-17(23)10-18/h2-4,7-8,10,12-15,19H,5-6,9,23H2,1H3,(H,24,26,27). The van der Waals surface area contributed by atoms with Crippen LogP contribution in [-0.2, 0) is 0 Å². The van der Waals surface area contributed by atoms with Gasteiger partial charge in [-0.3, -0.25) is 4.68 Å². The number of hydrogen-bond donors (Lipinski definition) is 2. The third kappa shape index (κ3) is 3.81. The zero-order valence-electron chi connectivity index (χ0n) is 15.8. The molecule has 0 spiro atoms. The van der Waals surface area contributed by atoms with Gasteiger partial charge in [-0.15, -0.1) is 0 Å². The summed E-state index contributed by atoms with van der Waals surface area (Å²) in [5, 5.41) is 16.9. The van der Waals surface area contributed by atoms with E-state index >= 15 is 0 Å². The molecule has 0 amide bonds. The second kappa shape index (κ2) is 7.69. The summed E-state index contributed by atoms with van der Waals surface area (Å²) >= 11 is 0. The lowest BCUT2D eigenvalue weighted by Gasteiger charge is -2.13. The number of nitriles is 1. The Kier molecular flexibility index (Phi) is 4.94. The Balaban J connectivity index is 1.49. The Labute approximate surface area is 164 Å². The summed E-state index contributed by atoms with van der Waals surface area (Å²) < 4.78 is 2.02. The fourth-order valence-corrected chi connectivity index (χ4v) is 3.79. The largest absolute Gasteiger partial charge is 0.399 e. The lowest BCUT2D eigenvalue weighted by Crippen LogP contribution is -2.09. The lowest BCUT2D eigenvalue weighted by atomic mass is 9.94. The van der Waals surface area contributed by atoms with Gasteiger partial charge in [0.1, 0.15) is 0 Å². The fourth-order valence-electron chi connectivity index (χ4n) is 3.79. The van der Waals surface area contributed by atoms with Gasteiger partial charge in [0.05, 0.1) is 24.0 Å². The molecule has 0 bridgehead atoms. The maximum atomic E-state index is 9.15. The zero-order chi connectivity index (χ0) is 19.5. The number of nitrogens with zero attached hydrogens (tertiary/aromatic N) is 5. The summed E-state index contributed by atoms with van der Waals surface area (Å²) in [6.45, 7) is 2.01. The molecule has 1 aliphatic rings. The van der Waals surface area contributed by atoms with Gasteiger partial charge in [-0.25, -0.2) is 9.97 Å². The highest BCUT2D eigenvalue weighted by molar-refractivity contribution is 5.62. The van der Waals surface area contributed by atoms with Gasteiger partial charge < -0.3 is 11.1 Å². The first-order chi connectivity index (χ1) is 13.6. The molecule has 3 N–H and O–H groups in total.